The number of nitrogens with two attached hydrogens (primary N) is 2. The van der Waals surface area contributed by atoms with E-state index in [0.29, 0.717) is 38.1 Å². The maximum absolute atomic E-state index is 7.05. The van der Waals surface area contributed by atoms with Gasteiger partial charge in [0.2, 0.25) is 17.2 Å². The molecule has 0 unspecified atom stereocenters. The van der Waals surface area contributed by atoms with E-state index in [9.17, 15) is 0 Å². The summed E-state index contributed by atoms with van der Waals surface area (Å²) in [5.74, 6) is 0.788. The lowest BCUT2D eigenvalue weighted by molar-refractivity contribution is 0.721. The summed E-state index contributed by atoms with van der Waals surface area (Å²) in [6, 6.07) is 0. The maximum Gasteiger partial charge on any atom is 0.228 e. The van der Waals surface area contributed by atoms with E-state index in [-0.39, 0.29) is 17.2 Å². The highest BCUT2D eigenvalue weighted by molar-refractivity contribution is 6.28. The van der Waals surface area contributed by atoms with Crippen molar-refractivity contribution in [3.05, 3.63) is 5.28 Å². The first kappa shape index (κ1) is 20.5. The van der Waals surface area contributed by atoms with Crippen LogP contribution in [0.15, 0.2) is 0 Å². The summed E-state index contributed by atoms with van der Waals surface area (Å²) >= 11 is 5.91. The van der Waals surface area contributed by atoms with Gasteiger partial charge >= 0.3 is 0 Å². The Bertz CT molecular complexity index is 507. The second-order valence-corrected chi connectivity index (χ2v) is 5.54. The van der Waals surface area contributed by atoms with Crippen molar-refractivity contribution in [1.29, 1.82) is 10.8 Å². The van der Waals surface area contributed by atoms with Crippen LogP contribution in [-0.2, 0) is 0 Å². The molecule has 0 bridgehead atoms. The van der Waals surface area contributed by atoms with Crippen molar-refractivity contribution in [3.63, 3.8) is 0 Å². The topological polar surface area (TPSA) is 187 Å². The Morgan fingerprint density at radius 1 is 0.760 bits per heavy atom. The van der Waals surface area contributed by atoms with Gasteiger partial charge in [-0.25, -0.2) is 0 Å². The Hall–Kier alpha value is -2.56. The van der Waals surface area contributed by atoms with Gasteiger partial charge in [0.05, 0.1) is 0 Å². The molecule has 0 amide bonds. The third-order valence-corrected chi connectivity index (χ3v) is 3.18. The fraction of sp³-hybridized carbons (Fsp3) is 0.615. The van der Waals surface area contributed by atoms with Gasteiger partial charge in [-0.3, -0.25) is 10.8 Å². The number of guanidine groups is 2. The van der Waals surface area contributed by atoms with E-state index in [2.05, 4.69) is 36.2 Å². The summed E-state index contributed by atoms with van der Waals surface area (Å²) in [7, 11) is 0. The van der Waals surface area contributed by atoms with E-state index in [1.807, 2.05) is 0 Å². The van der Waals surface area contributed by atoms with Crippen molar-refractivity contribution in [2.75, 3.05) is 36.8 Å². The minimum Gasteiger partial charge on any atom is -0.370 e. The number of rotatable bonds is 12. The van der Waals surface area contributed by atoms with Crippen LogP contribution >= 0.6 is 11.6 Å². The Labute approximate surface area is 151 Å². The Morgan fingerprint density at radius 3 is 1.56 bits per heavy atom. The molecular weight excluding hydrogens is 346 g/mol. The van der Waals surface area contributed by atoms with Gasteiger partial charge in [-0.15, -0.1) is 0 Å². The summed E-state index contributed by atoms with van der Waals surface area (Å²) in [5, 5.41) is 25.9. The third kappa shape index (κ3) is 10.8. The van der Waals surface area contributed by atoms with Crippen molar-refractivity contribution >= 4 is 35.4 Å². The first-order chi connectivity index (χ1) is 12.0. The van der Waals surface area contributed by atoms with E-state index >= 15 is 0 Å². The number of hydrogen-bond acceptors (Lipinski definition) is 7. The maximum atomic E-state index is 7.05. The van der Waals surface area contributed by atoms with Crippen LogP contribution in [0, 0.1) is 10.8 Å². The molecule has 0 aliphatic heterocycles. The van der Waals surface area contributed by atoms with Gasteiger partial charge in [0, 0.05) is 26.2 Å². The zero-order chi connectivity index (χ0) is 18.5. The number of hydrogen-bond donors (Lipinski definition) is 8. The lowest BCUT2D eigenvalue weighted by atomic mass is 10.3. The Morgan fingerprint density at radius 2 is 1.16 bits per heavy atom. The molecule has 1 rings (SSSR count). The fourth-order valence-corrected chi connectivity index (χ4v) is 2.01. The van der Waals surface area contributed by atoms with Crippen molar-refractivity contribution < 1.29 is 0 Å². The molecule has 12 heteroatoms. The van der Waals surface area contributed by atoms with Crippen molar-refractivity contribution in [2.24, 2.45) is 11.5 Å². The molecule has 0 saturated heterocycles. The first-order valence-corrected chi connectivity index (χ1v) is 8.40. The summed E-state index contributed by atoms with van der Waals surface area (Å²) in [5.41, 5.74) is 10.4. The second-order valence-electron chi connectivity index (χ2n) is 5.20. The van der Waals surface area contributed by atoms with Gasteiger partial charge < -0.3 is 32.7 Å². The predicted octanol–water partition coefficient (Wildman–Crippen LogP) is -0.125. The van der Waals surface area contributed by atoms with E-state index in [1.54, 1.807) is 0 Å². The van der Waals surface area contributed by atoms with Gasteiger partial charge in [0.25, 0.3) is 0 Å². The second kappa shape index (κ2) is 11.9. The molecule has 1 aromatic rings. The number of anilines is 2. The highest BCUT2D eigenvalue weighted by Crippen LogP contribution is 2.09. The van der Waals surface area contributed by atoms with Gasteiger partial charge in [-0.1, -0.05) is 0 Å². The number of halogens is 1. The van der Waals surface area contributed by atoms with Crippen molar-refractivity contribution in [3.8, 4) is 0 Å². The van der Waals surface area contributed by atoms with Crippen LogP contribution in [0.4, 0.5) is 11.9 Å². The molecule has 25 heavy (non-hydrogen) atoms. The molecule has 10 N–H and O–H groups in total. The fourth-order valence-electron chi connectivity index (χ4n) is 1.85. The molecule has 11 nitrogen and oxygen atoms in total. The number of nitrogens with zero attached hydrogens (tertiary/aromatic N) is 3. The molecule has 0 saturated carbocycles. The summed E-state index contributed by atoms with van der Waals surface area (Å²) in [4.78, 5) is 12.3. The minimum absolute atomic E-state index is 0.0231. The predicted molar refractivity (Wildman–Crippen MR) is 100 cm³/mol. The average molecular weight is 372 g/mol. The number of unbranched alkanes of at least 4 members (excludes halogenated alkanes) is 2. The Kier molecular flexibility index (Phi) is 9.75. The van der Waals surface area contributed by atoms with Gasteiger partial charge in [0.1, 0.15) is 0 Å². The largest absolute Gasteiger partial charge is 0.370 e. The molecule has 0 spiro atoms. The van der Waals surface area contributed by atoms with Crippen LogP contribution in [0.25, 0.3) is 0 Å². The summed E-state index contributed by atoms with van der Waals surface area (Å²) < 4.78 is 0. The zero-order valence-electron chi connectivity index (χ0n) is 14.0. The van der Waals surface area contributed by atoms with Crippen LogP contribution in [0.3, 0.4) is 0 Å². The SMILES string of the molecule is N=C(N)NCCCCNc1nc(Cl)nc(NCCCCNC(=N)N)n1. The third-order valence-electron chi connectivity index (χ3n) is 3.01. The van der Waals surface area contributed by atoms with Gasteiger partial charge in [0.15, 0.2) is 11.9 Å². The first-order valence-electron chi connectivity index (χ1n) is 8.02. The molecule has 0 aliphatic carbocycles. The van der Waals surface area contributed by atoms with E-state index in [1.165, 1.54) is 0 Å². The normalized spacial score (nSPS) is 10.1. The number of nitrogens with one attached hydrogen (secondary N) is 6. The summed E-state index contributed by atoms with van der Waals surface area (Å²) in [6.45, 7) is 2.66. The Balaban J connectivity index is 2.25. The molecule has 1 aromatic heterocycles. The minimum atomic E-state index is -0.0231. The molecule has 0 atom stereocenters. The zero-order valence-corrected chi connectivity index (χ0v) is 14.8. The monoisotopic (exact) mass is 371 g/mol. The highest BCUT2D eigenvalue weighted by Gasteiger charge is 2.04. The van der Waals surface area contributed by atoms with Crippen molar-refractivity contribution in [1.82, 2.24) is 25.6 Å². The van der Waals surface area contributed by atoms with Crippen LogP contribution < -0.4 is 32.7 Å². The highest BCUT2D eigenvalue weighted by atomic mass is 35.5. The summed E-state index contributed by atoms with van der Waals surface area (Å²) in [6.07, 6.45) is 3.47. The molecular formula is C13H26ClN11. The van der Waals surface area contributed by atoms with Crippen LogP contribution in [0.1, 0.15) is 25.7 Å². The van der Waals surface area contributed by atoms with E-state index < -0.39 is 0 Å². The molecule has 140 valence electrons. The average Bonchev–Trinajstić information content (AvgIpc) is 2.53. The van der Waals surface area contributed by atoms with E-state index in [4.69, 9.17) is 33.9 Å². The number of aromatic nitrogens is 3. The van der Waals surface area contributed by atoms with Crippen LogP contribution in [0.5, 0.6) is 0 Å². The van der Waals surface area contributed by atoms with Gasteiger partial charge in [-0.2, -0.15) is 15.0 Å². The smallest absolute Gasteiger partial charge is 0.228 e. The van der Waals surface area contributed by atoms with Gasteiger partial charge in [-0.05, 0) is 37.3 Å². The molecule has 0 radical (unpaired) electrons. The lowest BCUT2D eigenvalue weighted by Crippen LogP contribution is -2.31. The lowest BCUT2D eigenvalue weighted by Gasteiger charge is -2.09. The molecule has 0 aliphatic rings. The molecule has 0 aromatic carbocycles. The van der Waals surface area contributed by atoms with Crippen LogP contribution in [0.2, 0.25) is 5.28 Å². The molecule has 1 heterocycles. The molecule has 0 fully saturated rings. The van der Waals surface area contributed by atoms with E-state index in [0.717, 1.165) is 25.7 Å². The van der Waals surface area contributed by atoms with Crippen LogP contribution in [-0.4, -0.2) is 53.1 Å². The quantitative estimate of drug-likeness (QED) is 0.141. The standard InChI is InChI=1S/C13H26ClN11/c14-9-23-12(21-7-3-1-5-19-10(15)16)25-13(24-9)22-8-4-2-6-20-11(17)18/h1-8H2,(H4,15,16,19)(H4,17,18,20)(H2,21,22,23,24,25). The van der Waals surface area contributed by atoms with Crippen molar-refractivity contribution in [2.45, 2.75) is 25.7 Å².